The number of methoxy groups -OCH3 is 1. The maximum Gasteiger partial charge on any atom is 0.355 e. The van der Waals surface area contributed by atoms with Crippen LogP contribution < -0.4 is 10.1 Å². The molecule has 0 aromatic carbocycles. The van der Waals surface area contributed by atoms with Gasteiger partial charge in [0, 0.05) is 11.4 Å². The summed E-state index contributed by atoms with van der Waals surface area (Å²) in [5.74, 6) is 0.644. The van der Waals surface area contributed by atoms with Gasteiger partial charge < -0.3 is 15.2 Å². The first-order valence-electron chi connectivity index (χ1n) is 5.39. The number of hydrogen-bond donors (Lipinski definition) is 2. The highest BCUT2D eigenvalue weighted by Crippen LogP contribution is 2.15. The summed E-state index contributed by atoms with van der Waals surface area (Å²) in [5, 5.41) is 14.0. The first-order chi connectivity index (χ1) is 9.08. The lowest BCUT2D eigenvalue weighted by Gasteiger charge is -2.06. The molecule has 0 atom stereocenters. The second-order valence-corrected chi connectivity index (χ2v) is 4.57. The average molecular weight is 280 g/mol. The van der Waals surface area contributed by atoms with E-state index in [4.69, 9.17) is 9.84 Å². The van der Waals surface area contributed by atoms with E-state index in [1.807, 2.05) is 0 Å². The molecule has 2 aromatic rings. The lowest BCUT2D eigenvalue weighted by atomic mass is 10.5. The van der Waals surface area contributed by atoms with Crippen molar-refractivity contribution in [3.8, 4) is 5.88 Å². The van der Waals surface area contributed by atoms with Crippen LogP contribution in [0.5, 0.6) is 5.88 Å². The van der Waals surface area contributed by atoms with Crippen LogP contribution in [-0.4, -0.2) is 33.1 Å². The molecule has 8 heteroatoms. The number of thiazole rings is 1. The Hall–Kier alpha value is -2.22. The Morgan fingerprint density at radius 2 is 2.26 bits per heavy atom. The fourth-order valence-electron chi connectivity index (χ4n) is 1.39. The van der Waals surface area contributed by atoms with Gasteiger partial charge >= 0.3 is 5.97 Å². The number of carbonyl (C=O) groups is 1. The zero-order chi connectivity index (χ0) is 13.8. The normalized spacial score (nSPS) is 10.2. The van der Waals surface area contributed by atoms with Gasteiger partial charge in [0.15, 0.2) is 5.69 Å². The van der Waals surface area contributed by atoms with Crippen molar-refractivity contribution < 1.29 is 14.6 Å². The number of rotatable bonds is 5. The van der Waals surface area contributed by atoms with Crippen molar-refractivity contribution in [3.05, 3.63) is 28.0 Å². The molecule has 100 valence electrons. The number of aromatic carboxylic acids is 1. The number of ether oxygens (including phenoxy) is 1. The van der Waals surface area contributed by atoms with Crippen molar-refractivity contribution in [2.24, 2.45) is 0 Å². The van der Waals surface area contributed by atoms with E-state index in [0.717, 1.165) is 0 Å². The predicted molar refractivity (Wildman–Crippen MR) is 69.7 cm³/mol. The van der Waals surface area contributed by atoms with Crippen LogP contribution in [-0.2, 0) is 6.54 Å². The summed E-state index contributed by atoms with van der Waals surface area (Å²) in [6.45, 7) is 2.16. The van der Waals surface area contributed by atoms with E-state index in [0.29, 0.717) is 29.1 Å². The van der Waals surface area contributed by atoms with Gasteiger partial charge in [-0.2, -0.15) is 4.98 Å². The fraction of sp³-hybridized carbons (Fsp3) is 0.273. The monoisotopic (exact) mass is 280 g/mol. The number of aromatic nitrogens is 3. The number of nitrogens with one attached hydrogen (secondary N) is 1. The van der Waals surface area contributed by atoms with Crippen molar-refractivity contribution in [1.82, 2.24) is 15.0 Å². The summed E-state index contributed by atoms with van der Waals surface area (Å²) in [6, 6.07) is 1.67. The topological polar surface area (TPSA) is 97.2 Å². The van der Waals surface area contributed by atoms with Crippen LogP contribution in [0.4, 0.5) is 5.82 Å². The quantitative estimate of drug-likeness (QED) is 0.857. The van der Waals surface area contributed by atoms with E-state index in [-0.39, 0.29) is 5.69 Å². The van der Waals surface area contributed by atoms with Crippen molar-refractivity contribution in [3.63, 3.8) is 0 Å². The molecule has 0 unspecified atom stereocenters. The van der Waals surface area contributed by atoms with Crippen LogP contribution in [0.1, 0.15) is 21.3 Å². The molecule has 2 heterocycles. The Kier molecular flexibility index (Phi) is 3.91. The summed E-state index contributed by atoms with van der Waals surface area (Å²) in [5.41, 5.74) is 0.0539. The standard InChI is InChI=1S/C11H12N4O3S/c1-6-13-8(3-9(14-6)18-2)12-4-10-15-7(5-19-10)11(16)17/h3,5H,4H2,1-2H3,(H,16,17)(H,12,13,14). The number of carboxylic acid groups (broad SMARTS) is 1. The maximum atomic E-state index is 10.7. The fourth-order valence-corrected chi connectivity index (χ4v) is 2.10. The second kappa shape index (κ2) is 5.61. The molecule has 0 saturated carbocycles. The molecule has 0 aliphatic rings. The lowest BCUT2D eigenvalue weighted by molar-refractivity contribution is 0.0691. The van der Waals surface area contributed by atoms with Gasteiger partial charge in [0.25, 0.3) is 0 Å². The molecule has 0 saturated heterocycles. The minimum atomic E-state index is -1.03. The van der Waals surface area contributed by atoms with E-state index < -0.39 is 5.97 Å². The third-order valence-electron chi connectivity index (χ3n) is 2.22. The molecule has 0 amide bonds. The number of carboxylic acids is 1. The van der Waals surface area contributed by atoms with Crippen LogP contribution in [0.3, 0.4) is 0 Å². The highest BCUT2D eigenvalue weighted by Gasteiger charge is 2.09. The highest BCUT2D eigenvalue weighted by atomic mass is 32.1. The second-order valence-electron chi connectivity index (χ2n) is 3.63. The molecular weight excluding hydrogens is 268 g/mol. The molecule has 0 aliphatic carbocycles. The molecule has 0 radical (unpaired) electrons. The Balaban J connectivity index is 2.05. The number of anilines is 1. The summed E-state index contributed by atoms with van der Waals surface area (Å²) in [4.78, 5) is 22.9. The van der Waals surface area contributed by atoms with Gasteiger partial charge in [-0.3, -0.25) is 0 Å². The van der Waals surface area contributed by atoms with Crippen LogP contribution in [0.25, 0.3) is 0 Å². The van der Waals surface area contributed by atoms with E-state index in [1.165, 1.54) is 23.8 Å². The highest BCUT2D eigenvalue weighted by molar-refractivity contribution is 7.09. The van der Waals surface area contributed by atoms with Gasteiger partial charge in [-0.1, -0.05) is 0 Å². The van der Waals surface area contributed by atoms with Gasteiger partial charge in [-0.05, 0) is 6.92 Å². The molecule has 2 rings (SSSR count). The third kappa shape index (κ3) is 3.38. The zero-order valence-corrected chi connectivity index (χ0v) is 11.2. The van der Waals surface area contributed by atoms with Gasteiger partial charge in [-0.25, -0.2) is 14.8 Å². The first kappa shape index (κ1) is 13.2. The van der Waals surface area contributed by atoms with Crippen LogP contribution in [0, 0.1) is 6.92 Å². The summed E-state index contributed by atoms with van der Waals surface area (Å²) < 4.78 is 5.04. The maximum absolute atomic E-state index is 10.7. The van der Waals surface area contributed by atoms with Crippen molar-refractivity contribution in [2.75, 3.05) is 12.4 Å². The van der Waals surface area contributed by atoms with Crippen molar-refractivity contribution >= 4 is 23.1 Å². The van der Waals surface area contributed by atoms with E-state index in [2.05, 4.69) is 20.3 Å². The molecular formula is C11H12N4O3S. The van der Waals surface area contributed by atoms with Gasteiger partial charge in [0.2, 0.25) is 5.88 Å². The minimum Gasteiger partial charge on any atom is -0.481 e. The molecule has 0 fully saturated rings. The average Bonchev–Trinajstić information content (AvgIpc) is 2.84. The Bertz CT molecular complexity index is 599. The van der Waals surface area contributed by atoms with Gasteiger partial charge in [0.05, 0.1) is 13.7 Å². The molecule has 2 aromatic heterocycles. The van der Waals surface area contributed by atoms with Crippen molar-refractivity contribution in [1.29, 1.82) is 0 Å². The number of nitrogens with zero attached hydrogens (tertiary/aromatic N) is 3. The van der Waals surface area contributed by atoms with Crippen LogP contribution in [0.2, 0.25) is 0 Å². The summed E-state index contributed by atoms with van der Waals surface area (Å²) >= 11 is 1.28. The SMILES string of the molecule is COc1cc(NCc2nc(C(=O)O)cs2)nc(C)n1. The summed E-state index contributed by atoms with van der Waals surface area (Å²) in [7, 11) is 1.53. The minimum absolute atomic E-state index is 0.0539. The predicted octanol–water partition coefficient (Wildman–Crippen LogP) is 1.56. The molecule has 2 N–H and O–H groups in total. The zero-order valence-electron chi connectivity index (χ0n) is 10.4. The molecule has 0 aliphatic heterocycles. The van der Waals surface area contributed by atoms with Gasteiger partial charge in [0.1, 0.15) is 16.6 Å². The molecule has 0 bridgehead atoms. The molecule has 7 nitrogen and oxygen atoms in total. The summed E-state index contributed by atoms with van der Waals surface area (Å²) in [6.07, 6.45) is 0. The van der Waals surface area contributed by atoms with Crippen molar-refractivity contribution in [2.45, 2.75) is 13.5 Å². The van der Waals surface area contributed by atoms with Crippen LogP contribution >= 0.6 is 11.3 Å². The van der Waals surface area contributed by atoms with E-state index in [1.54, 1.807) is 13.0 Å². The number of aryl methyl sites for hydroxylation is 1. The molecule has 19 heavy (non-hydrogen) atoms. The Morgan fingerprint density at radius 1 is 1.47 bits per heavy atom. The van der Waals surface area contributed by atoms with E-state index in [9.17, 15) is 4.79 Å². The molecule has 0 spiro atoms. The van der Waals surface area contributed by atoms with E-state index >= 15 is 0 Å². The Morgan fingerprint density at radius 3 is 2.89 bits per heavy atom. The largest absolute Gasteiger partial charge is 0.481 e. The lowest BCUT2D eigenvalue weighted by Crippen LogP contribution is -2.04. The van der Waals surface area contributed by atoms with Crippen LogP contribution in [0.15, 0.2) is 11.4 Å². The third-order valence-corrected chi connectivity index (χ3v) is 3.06. The first-order valence-corrected chi connectivity index (χ1v) is 6.27. The smallest absolute Gasteiger partial charge is 0.355 e. The van der Waals surface area contributed by atoms with Gasteiger partial charge in [-0.15, -0.1) is 11.3 Å². The Labute approximate surface area is 113 Å². The number of hydrogen-bond acceptors (Lipinski definition) is 7.